The smallest absolute Gasteiger partial charge is 0.373 e. The number of rotatable bonds is 5. The van der Waals surface area contributed by atoms with Gasteiger partial charge in [0, 0.05) is 0 Å². The molecule has 1 aromatic heterocycles. The summed E-state index contributed by atoms with van der Waals surface area (Å²) < 4.78 is 15.2. The van der Waals surface area contributed by atoms with E-state index < -0.39 is 5.97 Å². The van der Waals surface area contributed by atoms with Crippen molar-refractivity contribution in [2.75, 3.05) is 14.2 Å². The number of carbonyl (C=O) groups excluding carboxylic acids is 1. The number of carbonyl (C=O) groups is 1. The highest BCUT2D eigenvalue weighted by Crippen LogP contribution is 2.21. The molecule has 0 aliphatic heterocycles. The quantitative estimate of drug-likeness (QED) is 0.847. The van der Waals surface area contributed by atoms with E-state index in [1.165, 1.54) is 7.11 Å². The molecular weight excluding hydrogens is 258 g/mol. The summed E-state index contributed by atoms with van der Waals surface area (Å²) in [5, 5.41) is 0. The van der Waals surface area contributed by atoms with E-state index >= 15 is 0 Å². The molecule has 2 N–H and O–H groups in total. The Bertz CT molecular complexity index is 591. The first kappa shape index (κ1) is 14.1. The average molecular weight is 275 g/mol. The van der Waals surface area contributed by atoms with Crippen LogP contribution in [0.2, 0.25) is 0 Å². The van der Waals surface area contributed by atoms with E-state index in [1.807, 2.05) is 24.3 Å². The summed E-state index contributed by atoms with van der Waals surface area (Å²) in [6, 6.07) is 10.6. The second-order valence-electron chi connectivity index (χ2n) is 4.36. The van der Waals surface area contributed by atoms with Crippen molar-refractivity contribution in [1.82, 2.24) is 0 Å². The zero-order chi connectivity index (χ0) is 14.5. The summed E-state index contributed by atoms with van der Waals surface area (Å²) in [7, 11) is 2.93. The molecule has 0 amide bonds. The second-order valence-corrected chi connectivity index (χ2v) is 4.36. The first-order valence-corrected chi connectivity index (χ1v) is 6.20. The third kappa shape index (κ3) is 3.19. The van der Waals surface area contributed by atoms with Crippen molar-refractivity contribution in [3.63, 3.8) is 0 Å². The number of hydrogen-bond acceptors (Lipinski definition) is 5. The number of methoxy groups -OCH3 is 2. The van der Waals surface area contributed by atoms with E-state index in [2.05, 4.69) is 4.74 Å². The van der Waals surface area contributed by atoms with Crippen LogP contribution in [0.3, 0.4) is 0 Å². The predicted octanol–water partition coefficient (Wildman–Crippen LogP) is 2.32. The van der Waals surface area contributed by atoms with E-state index in [9.17, 15) is 4.79 Å². The highest BCUT2D eigenvalue weighted by Gasteiger charge is 2.16. The van der Waals surface area contributed by atoms with Crippen LogP contribution in [0.25, 0.3) is 0 Å². The lowest BCUT2D eigenvalue weighted by Gasteiger charge is -2.10. The topological polar surface area (TPSA) is 74.7 Å². The number of ether oxygens (including phenoxy) is 2. The minimum Gasteiger partial charge on any atom is -0.497 e. The second kappa shape index (κ2) is 6.25. The third-order valence-electron chi connectivity index (χ3n) is 2.97. The molecular formula is C15H17NO4. The molecule has 0 aliphatic carbocycles. The fraction of sp³-hybridized carbons (Fsp3) is 0.267. The van der Waals surface area contributed by atoms with Gasteiger partial charge in [-0.15, -0.1) is 0 Å². The van der Waals surface area contributed by atoms with Crippen LogP contribution in [0.5, 0.6) is 5.75 Å². The van der Waals surface area contributed by atoms with Gasteiger partial charge in [0.15, 0.2) is 0 Å². The van der Waals surface area contributed by atoms with Crippen LogP contribution in [0.4, 0.5) is 0 Å². The van der Waals surface area contributed by atoms with Gasteiger partial charge in [-0.3, -0.25) is 0 Å². The summed E-state index contributed by atoms with van der Waals surface area (Å²) in [5.41, 5.74) is 7.12. The Morgan fingerprint density at radius 3 is 2.80 bits per heavy atom. The van der Waals surface area contributed by atoms with Crippen molar-refractivity contribution in [3.05, 3.63) is 53.5 Å². The van der Waals surface area contributed by atoms with Crippen LogP contribution in [0, 0.1) is 0 Å². The number of esters is 1. The van der Waals surface area contributed by atoms with Crippen molar-refractivity contribution >= 4 is 5.97 Å². The van der Waals surface area contributed by atoms with Crippen LogP contribution >= 0.6 is 0 Å². The first-order valence-electron chi connectivity index (χ1n) is 6.20. The van der Waals surface area contributed by atoms with E-state index in [-0.39, 0.29) is 11.8 Å². The zero-order valence-electron chi connectivity index (χ0n) is 11.5. The van der Waals surface area contributed by atoms with Gasteiger partial charge < -0.3 is 19.6 Å². The number of hydrogen-bond donors (Lipinski definition) is 1. The average Bonchev–Trinajstić information content (AvgIpc) is 2.96. The van der Waals surface area contributed by atoms with Crippen molar-refractivity contribution < 1.29 is 18.7 Å². The van der Waals surface area contributed by atoms with Crippen LogP contribution < -0.4 is 10.5 Å². The normalized spacial score (nSPS) is 11.9. The van der Waals surface area contributed by atoms with Crippen molar-refractivity contribution in [2.45, 2.75) is 12.5 Å². The molecule has 1 aromatic carbocycles. The number of nitrogens with two attached hydrogens (primary N) is 1. The molecule has 2 aromatic rings. The van der Waals surface area contributed by atoms with Crippen molar-refractivity contribution in [1.29, 1.82) is 0 Å². The largest absolute Gasteiger partial charge is 0.497 e. The minimum atomic E-state index is -0.509. The van der Waals surface area contributed by atoms with Gasteiger partial charge in [0.25, 0.3) is 0 Å². The third-order valence-corrected chi connectivity index (χ3v) is 2.97. The Hall–Kier alpha value is -2.27. The monoisotopic (exact) mass is 275 g/mol. The van der Waals surface area contributed by atoms with Crippen molar-refractivity contribution in [2.24, 2.45) is 5.73 Å². The van der Waals surface area contributed by atoms with Crippen LogP contribution in [0.1, 0.15) is 27.9 Å². The Morgan fingerprint density at radius 2 is 2.10 bits per heavy atom. The minimum absolute atomic E-state index is 0.156. The zero-order valence-corrected chi connectivity index (χ0v) is 11.5. The number of furan rings is 1. The highest BCUT2D eigenvalue weighted by molar-refractivity contribution is 5.86. The molecule has 0 bridgehead atoms. The Morgan fingerprint density at radius 1 is 1.30 bits per heavy atom. The molecule has 106 valence electrons. The highest BCUT2D eigenvalue weighted by atomic mass is 16.5. The standard InChI is InChI=1S/C15H17NO4/c1-18-11-5-3-4-10(8-11)9-12(16)13-6-7-14(20-13)15(17)19-2/h3-8,12H,9,16H2,1-2H3. The molecule has 5 heteroatoms. The molecule has 0 fully saturated rings. The lowest BCUT2D eigenvalue weighted by Crippen LogP contribution is -2.12. The van der Waals surface area contributed by atoms with E-state index in [0.717, 1.165) is 11.3 Å². The van der Waals surface area contributed by atoms with Gasteiger partial charge in [0.2, 0.25) is 5.76 Å². The van der Waals surface area contributed by atoms with Crippen LogP contribution in [0.15, 0.2) is 40.8 Å². The van der Waals surface area contributed by atoms with E-state index in [0.29, 0.717) is 12.2 Å². The summed E-state index contributed by atoms with van der Waals surface area (Å²) in [4.78, 5) is 11.3. The van der Waals surface area contributed by atoms with Gasteiger partial charge >= 0.3 is 5.97 Å². The lowest BCUT2D eigenvalue weighted by atomic mass is 10.0. The summed E-state index contributed by atoms with van der Waals surface area (Å²) in [6.45, 7) is 0. The first-order chi connectivity index (χ1) is 9.63. The fourth-order valence-electron chi connectivity index (χ4n) is 1.92. The molecule has 0 aliphatic rings. The van der Waals surface area contributed by atoms with Gasteiger partial charge in [-0.2, -0.15) is 0 Å². The lowest BCUT2D eigenvalue weighted by molar-refractivity contribution is 0.0562. The molecule has 0 radical (unpaired) electrons. The molecule has 0 saturated carbocycles. The summed E-state index contributed by atoms with van der Waals surface area (Å²) in [5.74, 6) is 0.978. The van der Waals surface area contributed by atoms with Gasteiger partial charge in [-0.25, -0.2) is 4.79 Å². The Balaban J connectivity index is 2.09. The Kier molecular flexibility index (Phi) is 4.42. The van der Waals surface area contributed by atoms with E-state index in [1.54, 1.807) is 19.2 Å². The predicted molar refractivity (Wildman–Crippen MR) is 73.7 cm³/mol. The van der Waals surface area contributed by atoms with Gasteiger partial charge in [0.1, 0.15) is 11.5 Å². The number of benzene rings is 1. The van der Waals surface area contributed by atoms with Crippen LogP contribution in [-0.4, -0.2) is 20.2 Å². The molecule has 1 unspecified atom stereocenters. The van der Waals surface area contributed by atoms with Gasteiger partial charge in [0.05, 0.1) is 20.3 Å². The molecule has 1 heterocycles. The van der Waals surface area contributed by atoms with Gasteiger partial charge in [-0.05, 0) is 36.2 Å². The molecule has 20 heavy (non-hydrogen) atoms. The molecule has 0 spiro atoms. The summed E-state index contributed by atoms with van der Waals surface area (Å²) >= 11 is 0. The maximum absolute atomic E-state index is 11.3. The SMILES string of the molecule is COC(=O)c1ccc(C(N)Cc2cccc(OC)c2)o1. The van der Waals surface area contributed by atoms with E-state index in [4.69, 9.17) is 14.9 Å². The molecule has 1 atom stereocenters. The fourth-order valence-corrected chi connectivity index (χ4v) is 1.92. The van der Waals surface area contributed by atoms with Crippen LogP contribution in [-0.2, 0) is 11.2 Å². The maximum Gasteiger partial charge on any atom is 0.373 e. The maximum atomic E-state index is 11.3. The molecule has 0 saturated heterocycles. The van der Waals surface area contributed by atoms with Gasteiger partial charge in [-0.1, -0.05) is 12.1 Å². The molecule has 2 rings (SSSR count). The Labute approximate surface area is 117 Å². The summed E-state index contributed by atoms with van der Waals surface area (Å²) in [6.07, 6.45) is 0.589. The van der Waals surface area contributed by atoms with Crippen molar-refractivity contribution in [3.8, 4) is 5.75 Å². The molecule has 5 nitrogen and oxygen atoms in total.